The lowest BCUT2D eigenvalue weighted by Gasteiger charge is -2.31. The first-order valence-electron chi connectivity index (χ1n) is 7.13. The van der Waals surface area contributed by atoms with Gasteiger partial charge in [-0.2, -0.15) is 0 Å². The molecule has 5 nitrogen and oxygen atoms in total. The van der Waals surface area contributed by atoms with Crippen LogP contribution in [0.1, 0.15) is 26.2 Å². The number of hydrogen-bond acceptors (Lipinski definition) is 4. The van der Waals surface area contributed by atoms with Gasteiger partial charge in [-0.15, -0.1) is 0 Å². The highest BCUT2D eigenvalue weighted by Gasteiger charge is 2.32. The highest BCUT2D eigenvalue weighted by Crippen LogP contribution is 2.18. The van der Waals surface area contributed by atoms with E-state index in [1.165, 1.54) is 11.8 Å². The van der Waals surface area contributed by atoms with Gasteiger partial charge in [-0.25, -0.2) is 0 Å². The normalized spacial score (nSPS) is 24.3. The van der Waals surface area contributed by atoms with Crippen LogP contribution in [-0.4, -0.2) is 54.0 Å². The minimum Gasteiger partial charge on any atom is -0.341 e. The smallest absolute Gasteiger partial charge is 0.279 e. The lowest BCUT2D eigenvalue weighted by molar-refractivity contribution is -0.133. The van der Waals surface area contributed by atoms with Gasteiger partial charge in [0.2, 0.25) is 5.91 Å². The molecule has 0 bridgehead atoms. The molecule has 0 aromatic heterocycles. The van der Waals surface area contributed by atoms with Crippen LogP contribution >= 0.6 is 11.8 Å². The summed E-state index contributed by atoms with van der Waals surface area (Å²) in [6.45, 7) is 5.82. The van der Waals surface area contributed by atoms with Gasteiger partial charge in [-0.1, -0.05) is 18.7 Å². The Labute approximate surface area is 118 Å². The molecule has 6 heteroatoms. The molecular formula is C13H23N3O2S. The number of piperidine rings is 1. The number of amides is 2. The molecule has 2 aliphatic heterocycles. The molecule has 1 atom stereocenters. The number of nitrogens with one attached hydrogen (secondary N) is 2. The van der Waals surface area contributed by atoms with Crippen molar-refractivity contribution in [1.29, 1.82) is 0 Å². The Morgan fingerprint density at radius 1 is 1.42 bits per heavy atom. The summed E-state index contributed by atoms with van der Waals surface area (Å²) < 4.78 is 0. The Balaban J connectivity index is 1.90. The first-order valence-corrected chi connectivity index (χ1v) is 8.12. The molecule has 2 heterocycles. The largest absolute Gasteiger partial charge is 0.341 e. The molecule has 2 N–H and O–H groups in total. The fraction of sp³-hybridized carbons (Fsp3) is 0.846. The van der Waals surface area contributed by atoms with Gasteiger partial charge in [-0.05, 0) is 38.3 Å². The van der Waals surface area contributed by atoms with Crippen LogP contribution in [0.2, 0.25) is 0 Å². The summed E-state index contributed by atoms with van der Waals surface area (Å²) in [4.78, 5) is 25.6. The molecule has 0 aromatic rings. The SMILES string of the molecule is CCCN(CC1CCNCC1)C(=O)C1CSC(=O)N1. The van der Waals surface area contributed by atoms with Gasteiger partial charge >= 0.3 is 0 Å². The van der Waals surface area contributed by atoms with E-state index in [9.17, 15) is 9.59 Å². The van der Waals surface area contributed by atoms with Gasteiger partial charge in [-0.3, -0.25) is 9.59 Å². The zero-order valence-electron chi connectivity index (χ0n) is 11.5. The number of rotatable bonds is 5. The summed E-state index contributed by atoms with van der Waals surface area (Å²) in [7, 11) is 0. The summed E-state index contributed by atoms with van der Waals surface area (Å²) in [6.07, 6.45) is 3.24. The van der Waals surface area contributed by atoms with Gasteiger partial charge in [0.25, 0.3) is 5.24 Å². The highest BCUT2D eigenvalue weighted by molar-refractivity contribution is 8.14. The first-order chi connectivity index (χ1) is 9.20. The molecule has 0 aliphatic carbocycles. The predicted molar refractivity (Wildman–Crippen MR) is 77.2 cm³/mol. The van der Waals surface area contributed by atoms with E-state index in [2.05, 4.69) is 17.6 Å². The molecule has 1 unspecified atom stereocenters. The van der Waals surface area contributed by atoms with Crippen LogP contribution in [0.5, 0.6) is 0 Å². The Hall–Kier alpha value is -0.750. The summed E-state index contributed by atoms with van der Waals surface area (Å²) in [5, 5.41) is 6.02. The molecule has 108 valence electrons. The first kappa shape index (κ1) is 14.7. The van der Waals surface area contributed by atoms with Crippen LogP contribution in [0.3, 0.4) is 0 Å². The lowest BCUT2D eigenvalue weighted by atomic mass is 9.97. The van der Waals surface area contributed by atoms with Crippen LogP contribution in [0, 0.1) is 5.92 Å². The van der Waals surface area contributed by atoms with Crippen molar-refractivity contribution in [2.75, 3.05) is 31.9 Å². The second-order valence-electron chi connectivity index (χ2n) is 5.27. The highest BCUT2D eigenvalue weighted by atomic mass is 32.2. The van der Waals surface area contributed by atoms with Crippen LogP contribution < -0.4 is 10.6 Å². The Morgan fingerprint density at radius 3 is 2.74 bits per heavy atom. The maximum Gasteiger partial charge on any atom is 0.279 e. The number of carbonyl (C=O) groups is 2. The van der Waals surface area contributed by atoms with Gasteiger partial charge in [0.15, 0.2) is 0 Å². The van der Waals surface area contributed by atoms with Crippen molar-refractivity contribution in [1.82, 2.24) is 15.5 Å². The maximum atomic E-state index is 12.4. The van der Waals surface area contributed by atoms with E-state index in [1.54, 1.807) is 0 Å². The van der Waals surface area contributed by atoms with Crippen molar-refractivity contribution in [2.24, 2.45) is 5.92 Å². The average molecular weight is 285 g/mol. The van der Waals surface area contributed by atoms with Gasteiger partial charge in [0.05, 0.1) is 0 Å². The third kappa shape index (κ3) is 4.11. The van der Waals surface area contributed by atoms with E-state index < -0.39 is 0 Å². The second kappa shape index (κ2) is 7.14. The quantitative estimate of drug-likeness (QED) is 0.792. The maximum absolute atomic E-state index is 12.4. The van der Waals surface area contributed by atoms with Crippen LogP contribution in [0.15, 0.2) is 0 Å². The van der Waals surface area contributed by atoms with Crippen molar-refractivity contribution in [2.45, 2.75) is 32.2 Å². The fourth-order valence-corrected chi connectivity index (χ4v) is 3.44. The number of hydrogen-bond donors (Lipinski definition) is 2. The Kier molecular flexibility index (Phi) is 5.51. The molecule has 2 fully saturated rings. The molecule has 0 spiro atoms. The summed E-state index contributed by atoms with van der Waals surface area (Å²) in [5.74, 6) is 1.27. The third-order valence-corrected chi connectivity index (χ3v) is 4.59. The van der Waals surface area contributed by atoms with E-state index in [-0.39, 0.29) is 17.2 Å². The van der Waals surface area contributed by atoms with Gasteiger partial charge in [0.1, 0.15) is 6.04 Å². The molecule has 0 saturated carbocycles. The monoisotopic (exact) mass is 285 g/mol. The van der Waals surface area contributed by atoms with Gasteiger partial charge < -0.3 is 15.5 Å². The third-order valence-electron chi connectivity index (χ3n) is 3.71. The van der Waals surface area contributed by atoms with Crippen molar-refractivity contribution >= 4 is 22.9 Å². The topological polar surface area (TPSA) is 61.4 Å². The van der Waals surface area contributed by atoms with E-state index in [0.29, 0.717) is 11.7 Å². The van der Waals surface area contributed by atoms with Crippen molar-refractivity contribution in [3.8, 4) is 0 Å². The summed E-state index contributed by atoms with van der Waals surface area (Å²) in [5.41, 5.74) is 0. The molecule has 2 aliphatic rings. The lowest BCUT2D eigenvalue weighted by Crippen LogP contribution is -2.48. The van der Waals surface area contributed by atoms with E-state index in [0.717, 1.165) is 45.4 Å². The minimum absolute atomic E-state index is 0.0725. The van der Waals surface area contributed by atoms with Gasteiger partial charge in [0, 0.05) is 18.8 Å². The van der Waals surface area contributed by atoms with Crippen molar-refractivity contribution in [3.63, 3.8) is 0 Å². The van der Waals surface area contributed by atoms with Crippen LogP contribution in [0.25, 0.3) is 0 Å². The van der Waals surface area contributed by atoms with E-state index in [4.69, 9.17) is 0 Å². The summed E-state index contributed by atoms with van der Waals surface area (Å²) in [6, 6.07) is -0.314. The second-order valence-corrected chi connectivity index (χ2v) is 6.27. The molecule has 2 rings (SSSR count). The van der Waals surface area contributed by atoms with Crippen LogP contribution in [-0.2, 0) is 4.79 Å². The molecule has 0 aromatic carbocycles. The molecule has 19 heavy (non-hydrogen) atoms. The van der Waals surface area contributed by atoms with E-state index >= 15 is 0 Å². The molecule has 2 amide bonds. The zero-order chi connectivity index (χ0) is 13.7. The van der Waals surface area contributed by atoms with Crippen molar-refractivity contribution < 1.29 is 9.59 Å². The Morgan fingerprint density at radius 2 is 2.16 bits per heavy atom. The number of nitrogens with zero attached hydrogens (tertiary/aromatic N) is 1. The number of thioether (sulfide) groups is 1. The molecule has 0 radical (unpaired) electrons. The van der Waals surface area contributed by atoms with Crippen molar-refractivity contribution in [3.05, 3.63) is 0 Å². The molecular weight excluding hydrogens is 262 g/mol. The fourth-order valence-electron chi connectivity index (χ4n) is 2.68. The minimum atomic E-state index is -0.314. The summed E-state index contributed by atoms with van der Waals surface area (Å²) >= 11 is 1.21. The van der Waals surface area contributed by atoms with Crippen LogP contribution in [0.4, 0.5) is 4.79 Å². The molecule has 2 saturated heterocycles. The number of carbonyl (C=O) groups excluding carboxylic acids is 2. The predicted octanol–water partition coefficient (Wildman–Crippen LogP) is 1.05. The zero-order valence-corrected chi connectivity index (χ0v) is 12.3. The van der Waals surface area contributed by atoms with E-state index in [1.807, 2.05) is 4.90 Å². The Bertz CT molecular complexity index is 332. The standard InChI is InChI=1S/C13H23N3O2S/c1-2-7-16(8-10-3-5-14-6-4-10)12(17)11-9-19-13(18)15-11/h10-11,14H,2-9H2,1H3,(H,15,18). The average Bonchev–Trinajstić information content (AvgIpc) is 2.85.